The SMILES string of the molecule is COC(=O)[C@@H](C)[C@H](NC(=O)Nc1cccc(Cn2cccnc2=O)c1)c1ccccc1. The number of esters is 1. The van der Waals surface area contributed by atoms with Gasteiger partial charge in [0.15, 0.2) is 0 Å². The van der Waals surface area contributed by atoms with Crippen LogP contribution in [0, 0.1) is 5.92 Å². The van der Waals surface area contributed by atoms with Gasteiger partial charge in [-0.3, -0.25) is 9.36 Å². The van der Waals surface area contributed by atoms with Gasteiger partial charge in [-0.05, 0) is 36.2 Å². The Bertz CT molecular complexity index is 1100. The van der Waals surface area contributed by atoms with Crippen LogP contribution in [0.5, 0.6) is 0 Å². The molecule has 8 heteroatoms. The van der Waals surface area contributed by atoms with Crippen molar-refractivity contribution >= 4 is 17.7 Å². The first-order valence-corrected chi connectivity index (χ1v) is 9.78. The van der Waals surface area contributed by atoms with Crippen LogP contribution in [0.1, 0.15) is 24.1 Å². The molecule has 2 atom stereocenters. The summed E-state index contributed by atoms with van der Waals surface area (Å²) in [4.78, 5) is 40.3. The lowest BCUT2D eigenvalue weighted by molar-refractivity contribution is -0.145. The summed E-state index contributed by atoms with van der Waals surface area (Å²) in [7, 11) is 1.32. The molecule has 2 N–H and O–H groups in total. The Labute approximate surface area is 179 Å². The van der Waals surface area contributed by atoms with Gasteiger partial charge in [0.25, 0.3) is 0 Å². The maximum Gasteiger partial charge on any atom is 0.347 e. The number of urea groups is 1. The van der Waals surface area contributed by atoms with Gasteiger partial charge < -0.3 is 15.4 Å². The van der Waals surface area contributed by atoms with E-state index in [0.29, 0.717) is 12.2 Å². The van der Waals surface area contributed by atoms with Crippen LogP contribution in [0.2, 0.25) is 0 Å². The minimum atomic E-state index is -0.582. The Hall–Kier alpha value is -3.94. The van der Waals surface area contributed by atoms with E-state index in [9.17, 15) is 14.4 Å². The van der Waals surface area contributed by atoms with E-state index in [1.807, 2.05) is 36.4 Å². The molecule has 1 aromatic heterocycles. The minimum Gasteiger partial charge on any atom is -0.469 e. The Morgan fingerprint density at radius 1 is 1.10 bits per heavy atom. The summed E-state index contributed by atoms with van der Waals surface area (Å²) in [6.07, 6.45) is 3.10. The average molecular weight is 420 g/mol. The molecule has 160 valence electrons. The monoisotopic (exact) mass is 420 g/mol. The number of rotatable bonds is 7. The molecule has 2 aromatic carbocycles. The van der Waals surface area contributed by atoms with Gasteiger partial charge in [-0.15, -0.1) is 0 Å². The zero-order valence-corrected chi connectivity index (χ0v) is 17.3. The standard InChI is InChI=1S/C23H24N4O4/c1-16(21(28)31-2)20(18-9-4-3-5-10-18)26-22(29)25-19-11-6-8-17(14-19)15-27-13-7-12-24-23(27)30/h3-14,16,20H,15H2,1-2H3,(H2,25,26,29)/t16-,20-/m0/s1. The fraction of sp³-hybridized carbons (Fsp3) is 0.217. The lowest BCUT2D eigenvalue weighted by Crippen LogP contribution is -2.38. The van der Waals surface area contributed by atoms with Crippen molar-refractivity contribution in [3.63, 3.8) is 0 Å². The highest BCUT2D eigenvalue weighted by Gasteiger charge is 2.27. The second kappa shape index (κ2) is 10.2. The molecule has 31 heavy (non-hydrogen) atoms. The number of nitrogens with one attached hydrogen (secondary N) is 2. The maximum atomic E-state index is 12.7. The first-order chi connectivity index (χ1) is 15.0. The smallest absolute Gasteiger partial charge is 0.347 e. The number of hydrogen-bond donors (Lipinski definition) is 2. The number of hydrogen-bond acceptors (Lipinski definition) is 5. The van der Waals surface area contributed by atoms with Crippen molar-refractivity contribution in [2.75, 3.05) is 12.4 Å². The molecule has 0 saturated heterocycles. The molecule has 1 heterocycles. The molecule has 0 fully saturated rings. The third kappa shape index (κ3) is 5.79. The van der Waals surface area contributed by atoms with Crippen molar-refractivity contribution in [3.8, 4) is 0 Å². The van der Waals surface area contributed by atoms with Gasteiger partial charge in [-0.1, -0.05) is 42.5 Å². The zero-order chi connectivity index (χ0) is 22.2. The van der Waals surface area contributed by atoms with Crippen LogP contribution in [-0.2, 0) is 16.1 Å². The van der Waals surface area contributed by atoms with Crippen molar-refractivity contribution in [2.45, 2.75) is 19.5 Å². The fourth-order valence-electron chi connectivity index (χ4n) is 3.24. The van der Waals surface area contributed by atoms with Gasteiger partial charge in [0, 0.05) is 18.1 Å². The van der Waals surface area contributed by atoms with E-state index in [0.717, 1.165) is 11.1 Å². The van der Waals surface area contributed by atoms with E-state index in [2.05, 4.69) is 15.6 Å². The number of carbonyl (C=O) groups is 2. The highest BCUT2D eigenvalue weighted by molar-refractivity contribution is 5.90. The lowest BCUT2D eigenvalue weighted by atomic mass is 9.94. The van der Waals surface area contributed by atoms with Crippen LogP contribution in [0.25, 0.3) is 0 Å². The van der Waals surface area contributed by atoms with Crippen LogP contribution < -0.4 is 16.3 Å². The molecule has 0 saturated carbocycles. The second-order valence-corrected chi connectivity index (χ2v) is 7.03. The molecular weight excluding hydrogens is 396 g/mol. The average Bonchev–Trinajstić information content (AvgIpc) is 2.79. The van der Waals surface area contributed by atoms with Crippen molar-refractivity contribution in [1.29, 1.82) is 0 Å². The first-order valence-electron chi connectivity index (χ1n) is 9.78. The number of carbonyl (C=O) groups excluding carboxylic acids is 2. The van der Waals surface area contributed by atoms with Gasteiger partial charge in [-0.25, -0.2) is 14.6 Å². The van der Waals surface area contributed by atoms with Crippen LogP contribution >= 0.6 is 0 Å². The maximum absolute atomic E-state index is 12.7. The summed E-state index contributed by atoms with van der Waals surface area (Å²) >= 11 is 0. The summed E-state index contributed by atoms with van der Waals surface area (Å²) in [5, 5.41) is 5.65. The lowest BCUT2D eigenvalue weighted by Gasteiger charge is -2.24. The Balaban J connectivity index is 1.73. The van der Waals surface area contributed by atoms with Crippen molar-refractivity contribution in [2.24, 2.45) is 5.92 Å². The van der Waals surface area contributed by atoms with E-state index in [1.165, 1.54) is 17.9 Å². The zero-order valence-electron chi connectivity index (χ0n) is 17.3. The second-order valence-electron chi connectivity index (χ2n) is 7.03. The quantitative estimate of drug-likeness (QED) is 0.572. The molecule has 0 spiro atoms. The summed E-state index contributed by atoms with van der Waals surface area (Å²) in [5.41, 5.74) is 1.83. The van der Waals surface area contributed by atoms with Crippen LogP contribution in [-0.4, -0.2) is 28.7 Å². The van der Waals surface area contributed by atoms with Crippen LogP contribution in [0.15, 0.2) is 77.9 Å². The van der Waals surface area contributed by atoms with Gasteiger partial charge in [0.1, 0.15) is 0 Å². The number of aromatic nitrogens is 2. The molecule has 3 aromatic rings. The van der Waals surface area contributed by atoms with Crippen LogP contribution in [0.3, 0.4) is 0 Å². The molecule has 3 rings (SSSR count). The van der Waals surface area contributed by atoms with E-state index in [1.54, 1.807) is 37.4 Å². The summed E-state index contributed by atoms with van der Waals surface area (Å²) in [5.74, 6) is -1.000. The Morgan fingerprint density at radius 3 is 2.58 bits per heavy atom. The van der Waals surface area contributed by atoms with E-state index in [-0.39, 0.29) is 5.69 Å². The molecule has 0 bridgehead atoms. The van der Waals surface area contributed by atoms with Crippen molar-refractivity contribution in [3.05, 3.63) is 94.7 Å². The Morgan fingerprint density at radius 2 is 1.87 bits per heavy atom. The highest BCUT2D eigenvalue weighted by atomic mass is 16.5. The van der Waals surface area contributed by atoms with E-state index in [4.69, 9.17) is 4.74 Å². The third-order valence-electron chi connectivity index (χ3n) is 4.84. The van der Waals surface area contributed by atoms with Gasteiger partial charge in [0.05, 0.1) is 25.6 Å². The largest absolute Gasteiger partial charge is 0.469 e. The molecule has 0 radical (unpaired) electrons. The topological polar surface area (TPSA) is 102 Å². The van der Waals surface area contributed by atoms with E-state index < -0.39 is 24.0 Å². The molecular formula is C23H24N4O4. The van der Waals surface area contributed by atoms with Crippen molar-refractivity contribution < 1.29 is 14.3 Å². The number of amides is 2. The molecule has 0 aliphatic heterocycles. The van der Waals surface area contributed by atoms with Gasteiger partial charge in [0.2, 0.25) is 0 Å². The summed E-state index contributed by atoms with van der Waals surface area (Å²) < 4.78 is 6.33. The fourth-order valence-corrected chi connectivity index (χ4v) is 3.24. The summed E-state index contributed by atoms with van der Waals surface area (Å²) in [6, 6.07) is 17.1. The number of benzene rings is 2. The first kappa shape index (κ1) is 21.8. The predicted octanol–water partition coefficient (Wildman–Crippen LogP) is 2.96. The number of ether oxygens (including phenoxy) is 1. The molecule has 0 aliphatic carbocycles. The van der Waals surface area contributed by atoms with Gasteiger partial charge >= 0.3 is 17.7 Å². The molecule has 0 unspecified atom stereocenters. The molecule has 2 amide bonds. The Kier molecular flexibility index (Phi) is 7.16. The molecule has 0 aliphatic rings. The molecule has 8 nitrogen and oxygen atoms in total. The highest BCUT2D eigenvalue weighted by Crippen LogP contribution is 2.23. The predicted molar refractivity (Wildman–Crippen MR) is 117 cm³/mol. The number of nitrogens with zero attached hydrogens (tertiary/aromatic N) is 2. The van der Waals surface area contributed by atoms with Crippen LogP contribution in [0.4, 0.5) is 10.5 Å². The van der Waals surface area contributed by atoms with Crippen molar-refractivity contribution in [1.82, 2.24) is 14.9 Å². The summed E-state index contributed by atoms with van der Waals surface area (Å²) in [6.45, 7) is 2.03. The van der Waals surface area contributed by atoms with Gasteiger partial charge in [-0.2, -0.15) is 0 Å². The third-order valence-corrected chi connectivity index (χ3v) is 4.84. The normalized spacial score (nSPS) is 12.5. The number of methoxy groups -OCH3 is 1. The number of anilines is 1. The minimum absolute atomic E-state index is 0.329. The van der Waals surface area contributed by atoms with E-state index >= 15 is 0 Å².